The number of nitrogens with one attached hydrogen (secondary N) is 1. The largest absolute Gasteiger partial charge is 0.398 e. The topological polar surface area (TPSA) is 58.4 Å². The van der Waals surface area contributed by atoms with E-state index >= 15 is 0 Å². The molecule has 3 N–H and O–H groups in total. The van der Waals surface area contributed by atoms with Gasteiger partial charge in [-0.15, -0.1) is 0 Å². The minimum atomic E-state index is -0.0469. The number of likely N-dealkylation sites (N-methyl/N-ethyl adjacent to an activating group) is 1. The number of carbonyl (C=O) groups excluding carboxylic acids is 1. The highest BCUT2D eigenvalue weighted by Crippen LogP contribution is 2.15. The summed E-state index contributed by atoms with van der Waals surface area (Å²) >= 11 is 3.36. The Morgan fingerprint density at radius 3 is 2.52 bits per heavy atom. The number of benzene rings is 2. The van der Waals surface area contributed by atoms with Crippen LogP contribution in [-0.4, -0.2) is 24.4 Å². The predicted molar refractivity (Wildman–Crippen MR) is 90.0 cm³/mol. The predicted octanol–water partition coefficient (Wildman–Crippen LogP) is 3.10. The van der Waals surface area contributed by atoms with Gasteiger partial charge >= 0.3 is 0 Å². The van der Waals surface area contributed by atoms with Gasteiger partial charge < -0.3 is 11.1 Å². The van der Waals surface area contributed by atoms with Crippen molar-refractivity contribution in [2.75, 3.05) is 24.6 Å². The molecular weight excluding hydrogens is 330 g/mol. The van der Waals surface area contributed by atoms with E-state index in [1.165, 1.54) is 0 Å². The molecule has 0 aliphatic heterocycles. The number of nitrogens with zero attached hydrogens (tertiary/aromatic N) is 1. The lowest BCUT2D eigenvalue weighted by Gasteiger charge is -2.17. The number of nitrogens with two attached hydrogens (primary N) is 1. The highest BCUT2D eigenvalue weighted by Gasteiger charge is 2.08. The van der Waals surface area contributed by atoms with Crippen LogP contribution in [0.1, 0.15) is 5.56 Å². The Kier molecular flexibility index (Phi) is 5.36. The molecule has 5 heteroatoms. The second-order valence-corrected chi connectivity index (χ2v) is 5.84. The fourth-order valence-electron chi connectivity index (χ4n) is 2.00. The first-order chi connectivity index (χ1) is 10.0. The molecule has 0 spiro atoms. The third-order valence-electron chi connectivity index (χ3n) is 3.04. The standard InChI is InChI=1S/C16H18BrN3O/c1-20(10-12-4-2-3-5-15(12)18)11-16(21)19-14-8-6-13(17)7-9-14/h2-9H,10-11,18H2,1H3,(H,19,21). The Balaban J connectivity index is 1.87. The molecule has 0 aromatic heterocycles. The summed E-state index contributed by atoms with van der Waals surface area (Å²) < 4.78 is 0.983. The maximum atomic E-state index is 12.0. The molecule has 110 valence electrons. The lowest BCUT2D eigenvalue weighted by molar-refractivity contribution is -0.117. The molecule has 2 aromatic rings. The zero-order chi connectivity index (χ0) is 15.2. The Morgan fingerprint density at radius 1 is 1.19 bits per heavy atom. The third kappa shape index (κ3) is 4.88. The van der Waals surface area contributed by atoms with E-state index in [1.807, 2.05) is 60.5 Å². The van der Waals surface area contributed by atoms with Gasteiger partial charge in [0.1, 0.15) is 0 Å². The fraction of sp³-hybridized carbons (Fsp3) is 0.188. The molecule has 0 aliphatic carbocycles. The van der Waals surface area contributed by atoms with Crippen molar-refractivity contribution in [3.8, 4) is 0 Å². The van der Waals surface area contributed by atoms with Gasteiger partial charge in [0.2, 0.25) is 5.91 Å². The number of amides is 1. The normalized spacial score (nSPS) is 10.6. The maximum absolute atomic E-state index is 12.0. The van der Waals surface area contributed by atoms with E-state index < -0.39 is 0 Å². The number of para-hydroxylation sites is 1. The molecule has 0 atom stereocenters. The molecule has 0 aliphatic rings. The minimum Gasteiger partial charge on any atom is -0.398 e. The van der Waals surface area contributed by atoms with Gasteiger partial charge in [-0.1, -0.05) is 34.1 Å². The quantitative estimate of drug-likeness (QED) is 0.817. The average molecular weight is 348 g/mol. The van der Waals surface area contributed by atoms with Gasteiger partial charge in [0.15, 0.2) is 0 Å². The van der Waals surface area contributed by atoms with Crippen molar-refractivity contribution in [3.05, 3.63) is 58.6 Å². The summed E-state index contributed by atoms with van der Waals surface area (Å²) in [5, 5.41) is 2.87. The van der Waals surface area contributed by atoms with Crippen molar-refractivity contribution in [3.63, 3.8) is 0 Å². The van der Waals surface area contributed by atoms with Gasteiger partial charge in [-0.2, -0.15) is 0 Å². The van der Waals surface area contributed by atoms with Crippen LogP contribution in [0.3, 0.4) is 0 Å². The zero-order valence-corrected chi connectivity index (χ0v) is 13.4. The summed E-state index contributed by atoms with van der Waals surface area (Å²) in [6, 6.07) is 15.2. The van der Waals surface area contributed by atoms with E-state index in [4.69, 9.17) is 5.73 Å². The van der Waals surface area contributed by atoms with Gasteiger partial charge in [-0.25, -0.2) is 0 Å². The van der Waals surface area contributed by atoms with E-state index in [2.05, 4.69) is 21.2 Å². The summed E-state index contributed by atoms with van der Waals surface area (Å²) in [4.78, 5) is 13.9. The first kappa shape index (κ1) is 15.5. The van der Waals surface area contributed by atoms with Crippen molar-refractivity contribution in [1.82, 2.24) is 4.90 Å². The highest BCUT2D eigenvalue weighted by atomic mass is 79.9. The fourth-order valence-corrected chi connectivity index (χ4v) is 2.27. The number of hydrogen-bond acceptors (Lipinski definition) is 3. The number of rotatable bonds is 5. The van der Waals surface area contributed by atoms with E-state index in [1.54, 1.807) is 0 Å². The lowest BCUT2D eigenvalue weighted by Crippen LogP contribution is -2.30. The monoisotopic (exact) mass is 347 g/mol. The molecule has 2 aromatic carbocycles. The summed E-state index contributed by atoms with van der Waals surface area (Å²) in [7, 11) is 1.90. The molecule has 0 unspecified atom stereocenters. The Hall–Kier alpha value is -1.85. The van der Waals surface area contributed by atoms with Gasteiger partial charge in [-0.05, 0) is 42.9 Å². The van der Waals surface area contributed by atoms with Crippen LogP contribution in [0.4, 0.5) is 11.4 Å². The molecule has 0 bridgehead atoms. The molecule has 21 heavy (non-hydrogen) atoms. The Morgan fingerprint density at radius 2 is 1.86 bits per heavy atom. The zero-order valence-electron chi connectivity index (χ0n) is 11.8. The summed E-state index contributed by atoms with van der Waals surface area (Å²) in [5.41, 5.74) is 8.47. The van der Waals surface area contributed by atoms with Crippen molar-refractivity contribution in [2.24, 2.45) is 0 Å². The number of carbonyl (C=O) groups is 1. The highest BCUT2D eigenvalue weighted by molar-refractivity contribution is 9.10. The average Bonchev–Trinajstić information content (AvgIpc) is 2.44. The lowest BCUT2D eigenvalue weighted by atomic mass is 10.2. The van der Waals surface area contributed by atoms with Crippen LogP contribution < -0.4 is 11.1 Å². The maximum Gasteiger partial charge on any atom is 0.238 e. The first-order valence-electron chi connectivity index (χ1n) is 6.62. The van der Waals surface area contributed by atoms with Crippen molar-refractivity contribution < 1.29 is 4.79 Å². The van der Waals surface area contributed by atoms with Gasteiger partial charge in [0.25, 0.3) is 0 Å². The van der Waals surface area contributed by atoms with E-state index in [9.17, 15) is 4.79 Å². The van der Waals surface area contributed by atoms with Crippen LogP contribution >= 0.6 is 15.9 Å². The molecule has 0 saturated heterocycles. The van der Waals surface area contributed by atoms with Crippen LogP contribution in [0.5, 0.6) is 0 Å². The number of halogens is 1. The van der Waals surface area contributed by atoms with Crippen molar-refractivity contribution in [1.29, 1.82) is 0 Å². The SMILES string of the molecule is CN(CC(=O)Nc1ccc(Br)cc1)Cc1ccccc1N. The molecule has 0 heterocycles. The van der Waals surface area contributed by atoms with Crippen molar-refractivity contribution in [2.45, 2.75) is 6.54 Å². The second-order valence-electron chi connectivity index (χ2n) is 4.93. The van der Waals surface area contributed by atoms with Gasteiger partial charge in [0.05, 0.1) is 6.54 Å². The Labute approximate surface area is 133 Å². The van der Waals surface area contributed by atoms with Crippen LogP contribution in [0.15, 0.2) is 53.0 Å². The van der Waals surface area contributed by atoms with Gasteiger partial charge in [0, 0.05) is 22.4 Å². The molecular formula is C16H18BrN3O. The van der Waals surface area contributed by atoms with Crippen LogP contribution in [-0.2, 0) is 11.3 Å². The first-order valence-corrected chi connectivity index (χ1v) is 7.41. The van der Waals surface area contributed by atoms with E-state index in [-0.39, 0.29) is 5.91 Å². The molecule has 0 radical (unpaired) electrons. The minimum absolute atomic E-state index is 0.0469. The third-order valence-corrected chi connectivity index (χ3v) is 3.57. The van der Waals surface area contributed by atoms with Crippen LogP contribution in [0.2, 0.25) is 0 Å². The molecule has 4 nitrogen and oxygen atoms in total. The van der Waals surface area contributed by atoms with Crippen molar-refractivity contribution >= 4 is 33.2 Å². The molecule has 1 amide bonds. The Bertz CT molecular complexity index is 613. The number of anilines is 2. The van der Waals surface area contributed by atoms with E-state index in [0.717, 1.165) is 21.4 Å². The summed E-state index contributed by atoms with van der Waals surface area (Å²) in [6.07, 6.45) is 0. The summed E-state index contributed by atoms with van der Waals surface area (Å²) in [6.45, 7) is 0.949. The van der Waals surface area contributed by atoms with Crippen LogP contribution in [0, 0.1) is 0 Å². The number of hydrogen-bond donors (Lipinski definition) is 2. The molecule has 0 saturated carbocycles. The second kappa shape index (κ2) is 7.24. The molecule has 2 rings (SSSR count). The molecule has 0 fully saturated rings. The summed E-state index contributed by atoms with van der Waals surface area (Å²) in [5.74, 6) is -0.0469. The van der Waals surface area contributed by atoms with E-state index in [0.29, 0.717) is 13.1 Å². The smallest absolute Gasteiger partial charge is 0.238 e. The number of nitrogen functional groups attached to an aromatic ring is 1. The van der Waals surface area contributed by atoms with Crippen LogP contribution in [0.25, 0.3) is 0 Å². The van der Waals surface area contributed by atoms with Gasteiger partial charge in [-0.3, -0.25) is 9.69 Å².